The lowest BCUT2D eigenvalue weighted by atomic mass is 9.83. The van der Waals surface area contributed by atoms with E-state index in [0.29, 0.717) is 13.1 Å². The summed E-state index contributed by atoms with van der Waals surface area (Å²) in [5.41, 5.74) is 0.700. The molecule has 5 nitrogen and oxygen atoms in total. The van der Waals surface area contributed by atoms with E-state index in [0.717, 1.165) is 23.4 Å². The summed E-state index contributed by atoms with van der Waals surface area (Å²) in [4.78, 5) is 24.7. The Kier molecular flexibility index (Phi) is 6.61. The number of amides is 1. The van der Waals surface area contributed by atoms with Crippen LogP contribution < -0.4 is 10.2 Å². The normalized spacial score (nSPS) is 11.7. The van der Waals surface area contributed by atoms with Gasteiger partial charge in [0.05, 0.1) is 6.61 Å². The van der Waals surface area contributed by atoms with Gasteiger partial charge in [0.1, 0.15) is 0 Å². The molecule has 0 aromatic carbocycles. The summed E-state index contributed by atoms with van der Waals surface area (Å²) >= 11 is 1.22. The van der Waals surface area contributed by atoms with Gasteiger partial charge >= 0.3 is 4.87 Å². The quantitative estimate of drug-likeness (QED) is 0.769. The third kappa shape index (κ3) is 4.41. The highest BCUT2D eigenvalue weighted by atomic mass is 32.1. The predicted octanol–water partition coefficient (Wildman–Crippen LogP) is 1.83. The Bertz CT molecular complexity index is 521. The van der Waals surface area contributed by atoms with Gasteiger partial charge in [-0.1, -0.05) is 25.2 Å². The molecule has 0 spiro atoms. The van der Waals surface area contributed by atoms with Crippen molar-refractivity contribution in [2.24, 2.45) is 5.41 Å². The van der Waals surface area contributed by atoms with Crippen molar-refractivity contribution in [3.05, 3.63) is 20.2 Å². The Balaban J connectivity index is 2.53. The number of aryl methyl sites for hydroxylation is 1. The van der Waals surface area contributed by atoms with Gasteiger partial charge in [0.15, 0.2) is 0 Å². The molecule has 1 amide bonds. The van der Waals surface area contributed by atoms with Crippen LogP contribution in [0.4, 0.5) is 0 Å². The number of aliphatic hydroxyl groups is 1. The first kappa shape index (κ1) is 17.9. The van der Waals surface area contributed by atoms with Crippen LogP contribution in [0.3, 0.4) is 0 Å². The molecule has 0 unspecified atom stereocenters. The molecule has 120 valence electrons. The lowest BCUT2D eigenvalue weighted by Gasteiger charge is -2.29. The minimum Gasteiger partial charge on any atom is -0.396 e. The van der Waals surface area contributed by atoms with Crippen LogP contribution in [-0.2, 0) is 11.3 Å². The third-order valence-electron chi connectivity index (χ3n) is 4.43. The smallest absolute Gasteiger partial charge is 0.307 e. The molecule has 0 radical (unpaired) electrons. The number of carbonyl (C=O) groups is 1. The van der Waals surface area contributed by atoms with E-state index in [1.165, 1.54) is 11.3 Å². The van der Waals surface area contributed by atoms with Crippen molar-refractivity contribution in [2.45, 2.75) is 53.5 Å². The fourth-order valence-corrected chi connectivity index (χ4v) is 3.07. The van der Waals surface area contributed by atoms with Crippen molar-refractivity contribution in [2.75, 3.05) is 13.2 Å². The van der Waals surface area contributed by atoms with Crippen LogP contribution in [0.25, 0.3) is 0 Å². The predicted molar refractivity (Wildman–Crippen MR) is 85.8 cm³/mol. The number of thiazole rings is 1. The minimum absolute atomic E-state index is 0.00961. The molecule has 0 bridgehead atoms. The molecule has 21 heavy (non-hydrogen) atoms. The van der Waals surface area contributed by atoms with Crippen LogP contribution in [0.1, 0.15) is 43.7 Å². The van der Waals surface area contributed by atoms with Crippen molar-refractivity contribution < 1.29 is 9.90 Å². The highest BCUT2D eigenvalue weighted by molar-refractivity contribution is 7.09. The summed E-state index contributed by atoms with van der Waals surface area (Å²) in [5.74, 6) is -0.0788. The molecule has 0 aliphatic carbocycles. The van der Waals surface area contributed by atoms with Crippen LogP contribution in [0.15, 0.2) is 4.79 Å². The van der Waals surface area contributed by atoms with E-state index in [-0.39, 0.29) is 29.2 Å². The Morgan fingerprint density at radius 3 is 2.38 bits per heavy atom. The minimum atomic E-state index is -0.235. The maximum Gasteiger partial charge on any atom is 0.307 e. The number of carbonyl (C=O) groups excluding carboxylic acids is 1. The second-order valence-electron chi connectivity index (χ2n) is 5.55. The number of hydrogen-bond donors (Lipinski definition) is 2. The zero-order valence-corrected chi connectivity index (χ0v) is 14.2. The van der Waals surface area contributed by atoms with Crippen LogP contribution in [0, 0.1) is 19.3 Å². The fraction of sp³-hybridized carbons (Fsp3) is 0.733. The molecule has 1 aromatic heterocycles. The van der Waals surface area contributed by atoms with Crippen LogP contribution in [-0.4, -0.2) is 28.7 Å². The molecular formula is C15H26N2O3S. The maximum absolute atomic E-state index is 11.9. The average molecular weight is 314 g/mol. The standard InChI is InChI=1S/C15H26N2O3S/c1-5-15(6-2,10-18)9-16-13(19)7-8-17-11(3)12(4)21-14(17)20/h18H,5-10H2,1-4H3,(H,16,19). The first-order valence-corrected chi connectivity index (χ1v) is 8.25. The second-order valence-corrected chi connectivity index (χ2v) is 6.72. The summed E-state index contributed by atoms with van der Waals surface area (Å²) in [7, 11) is 0. The molecule has 2 N–H and O–H groups in total. The zero-order valence-electron chi connectivity index (χ0n) is 13.4. The van der Waals surface area contributed by atoms with Crippen molar-refractivity contribution in [1.82, 2.24) is 9.88 Å². The summed E-state index contributed by atoms with van der Waals surface area (Å²) in [6, 6.07) is 0. The molecule has 1 heterocycles. The molecule has 0 aliphatic heterocycles. The van der Waals surface area contributed by atoms with Crippen LogP contribution in [0.5, 0.6) is 0 Å². The van der Waals surface area contributed by atoms with E-state index in [1.807, 2.05) is 27.7 Å². The van der Waals surface area contributed by atoms with Crippen molar-refractivity contribution >= 4 is 17.2 Å². The Morgan fingerprint density at radius 2 is 1.95 bits per heavy atom. The van der Waals surface area contributed by atoms with E-state index in [2.05, 4.69) is 5.32 Å². The second kappa shape index (κ2) is 7.75. The van der Waals surface area contributed by atoms with Gasteiger partial charge in [-0.05, 0) is 26.7 Å². The lowest BCUT2D eigenvalue weighted by molar-refractivity contribution is -0.122. The molecule has 0 saturated carbocycles. The van der Waals surface area contributed by atoms with Gasteiger partial charge in [0.2, 0.25) is 5.91 Å². The lowest BCUT2D eigenvalue weighted by Crippen LogP contribution is -2.39. The van der Waals surface area contributed by atoms with Crippen molar-refractivity contribution in [3.63, 3.8) is 0 Å². The van der Waals surface area contributed by atoms with Crippen molar-refractivity contribution in [1.29, 1.82) is 0 Å². The van der Waals surface area contributed by atoms with E-state index < -0.39 is 0 Å². The summed E-state index contributed by atoms with van der Waals surface area (Å²) in [6.07, 6.45) is 1.93. The molecular weight excluding hydrogens is 288 g/mol. The molecule has 0 aliphatic rings. The molecule has 1 aromatic rings. The Morgan fingerprint density at radius 1 is 1.33 bits per heavy atom. The van der Waals surface area contributed by atoms with Crippen LogP contribution in [0.2, 0.25) is 0 Å². The fourth-order valence-electron chi connectivity index (χ4n) is 2.21. The van der Waals surface area contributed by atoms with Gasteiger partial charge in [0.25, 0.3) is 0 Å². The van der Waals surface area contributed by atoms with E-state index in [4.69, 9.17) is 0 Å². The molecule has 6 heteroatoms. The maximum atomic E-state index is 11.9. The van der Waals surface area contributed by atoms with E-state index >= 15 is 0 Å². The highest BCUT2D eigenvalue weighted by Gasteiger charge is 2.25. The number of nitrogens with one attached hydrogen (secondary N) is 1. The first-order chi connectivity index (χ1) is 9.89. The summed E-state index contributed by atoms with van der Waals surface area (Å²) < 4.78 is 1.65. The van der Waals surface area contributed by atoms with Gasteiger partial charge in [-0.25, -0.2) is 0 Å². The number of nitrogens with zero attached hydrogens (tertiary/aromatic N) is 1. The van der Waals surface area contributed by atoms with Gasteiger partial charge in [-0.2, -0.15) is 0 Å². The number of aliphatic hydroxyl groups excluding tert-OH is 1. The first-order valence-electron chi connectivity index (χ1n) is 7.43. The number of hydrogen-bond acceptors (Lipinski definition) is 4. The van der Waals surface area contributed by atoms with Gasteiger partial charge in [-0.3, -0.25) is 9.59 Å². The van der Waals surface area contributed by atoms with E-state index in [9.17, 15) is 14.7 Å². The van der Waals surface area contributed by atoms with Crippen molar-refractivity contribution in [3.8, 4) is 0 Å². The number of rotatable bonds is 8. The Hall–Kier alpha value is -1.14. The van der Waals surface area contributed by atoms with Gasteiger partial charge < -0.3 is 15.0 Å². The average Bonchev–Trinajstić information content (AvgIpc) is 2.72. The topological polar surface area (TPSA) is 71.3 Å². The van der Waals surface area contributed by atoms with Gasteiger partial charge in [0, 0.05) is 35.5 Å². The SMILES string of the molecule is CCC(CC)(CO)CNC(=O)CCn1c(C)c(C)sc1=O. The largest absolute Gasteiger partial charge is 0.396 e. The Labute approximate surface area is 130 Å². The molecule has 1 rings (SSSR count). The van der Waals surface area contributed by atoms with Gasteiger partial charge in [-0.15, -0.1) is 0 Å². The molecule has 0 saturated heterocycles. The number of aromatic nitrogens is 1. The summed E-state index contributed by atoms with van der Waals surface area (Å²) in [6.45, 7) is 8.80. The monoisotopic (exact) mass is 314 g/mol. The highest BCUT2D eigenvalue weighted by Crippen LogP contribution is 2.24. The summed E-state index contributed by atoms with van der Waals surface area (Å²) in [5, 5.41) is 12.4. The zero-order chi connectivity index (χ0) is 16.0. The molecule has 0 fully saturated rings. The third-order valence-corrected chi connectivity index (χ3v) is 5.43. The van der Waals surface area contributed by atoms with E-state index in [1.54, 1.807) is 4.57 Å². The van der Waals surface area contributed by atoms with Crippen LogP contribution >= 0.6 is 11.3 Å². The molecule has 0 atom stereocenters.